The number of nitrogens with one attached hydrogen (secondary N) is 1. The first-order valence-corrected chi connectivity index (χ1v) is 8.13. The molecule has 0 radical (unpaired) electrons. The second-order valence-corrected chi connectivity index (χ2v) is 7.50. The summed E-state index contributed by atoms with van der Waals surface area (Å²) in [5, 5.41) is 4.72. The van der Waals surface area contributed by atoms with Crippen molar-refractivity contribution in [1.82, 2.24) is 9.97 Å². The van der Waals surface area contributed by atoms with Crippen molar-refractivity contribution in [2.24, 2.45) is 11.8 Å². The van der Waals surface area contributed by atoms with Crippen molar-refractivity contribution in [3.05, 3.63) is 10.9 Å². The molecular weight excluding hydrogens is 268 g/mol. The summed E-state index contributed by atoms with van der Waals surface area (Å²) in [5.74, 6) is 2.81. The van der Waals surface area contributed by atoms with E-state index in [0.29, 0.717) is 12.0 Å². The molecule has 20 heavy (non-hydrogen) atoms. The Labute approximate surface area is 123 Å². The van der Waals surface area contributed by atoms with Crippen LogP contribution in [0.2, 0.25) is 0 Å². The van der Waals surface area contributed by atoms with Crippen LogP contribution in [0, 0.1) is 18.8 Å². The molecule has 0 aromatic carbocycles. The lowest BCUT2D eigenvalue weighted by molar-refractivity contribution is 0.280. The van der Waals surface area contributed by atoms with Crippen LogP contribution in [-0.2, 0) is 0 Å². The highest BCUT2D eigenvalue weighted by molar-refractivity contribution is 7.18. The summed E-state index contributed by atoms with van der Waals surface area (Å²) in [5.41, 5.74) is 5.84. The number of rotatable bonds is 2. The van der Waals surface area contributed by atoms with Gasteiger partial charge in [-0.3, -0.25) is 0 Å². The first-order valence-electron chi connectivity index (χ1n) is 7.31. The van der Waals surface area contributed by atoms with Crippen molar-refractivity contribution in [3.8, 4) is 0 Å². The van der Waals surface area contributed by atoms with Crippen LogP contribution in [0.25, 0.3) is 10.2 Å². The van der Waals surface area contributed by atoms with Gasteiger partial charge in [0.05, 0.1) is 5.39 Å². The lowest BCUT2D eigenvalue weighted by atomic mass is 9.80. The van der Waals surface area contributed by atoms with Crippen LogP contribution in [0.3, 0.4) is 0 Å². The molecule has 1 fully saturated rings. The quantitative estimate of drug-likeness (QED) is 0.882. The average molecular weight is 290 g/mol. The third-order valence-electron chi connectivity index (χ3n) is 4.05. The summed E-state index contributed by atoms with van der Waals surface area (Å²) in [7, 11) is 0. The molecule has 2 atom stereocenters. The summed E-state index contributed by atoms with van der Waals surface area (Å²) >= 11 is 1.67. The minimum Gasteiger partial charge on any atom is -0.368 e. The lowest BCUT2D eigenvalue weighted by Gasteiger charge is -2.32. The van der Waals surface area contributed by atoms with E-state index in [1.807, 2.05) is 0 Å². The number of anilines is 2. The normalized spacial score (nSPS) is 26.9. The van der Waals surface area contributed by atoms with Crippen LogP contribution in [0.1, 0.15) is 38.0 Å². The van der Waals surface area contributed by atoms with E-state index in [-0.39, 0.29) is 0 Å². The zero-order chi connectivity index (χ0) is 14.3. The van der Waals surface area contributed by atoms with E-state index in [4.69, 9.17) is 5.73 Å². The molecule has 5 heteroatoms. The molecule has 3 rings (SSSR count). The Bertz CT molecular complexity index is 612. The highest BCUT2D eigenvalue weighted by Crippen LogP contribution is 2.33. The Kier molecular flexibility index (Phi) is 3.54. The summed E-state index contributed by atoms with van der Waals surface area (Å²) in [6.07, 6.45) is 3.74. The molecule has 4 nitrogen and oxygen atoms in total. The van der Waals surface area contributed by atoms with Gasteiger partial charge in [-0.05, 0) is 44.1 Å². The smallest absolute Gasteiger partial charge is 0.223 e. The molecule has 2 unspecified atom stereocenters. The minimum absolute atomic E-state index is 0.360. The number of hydrogen-bond acceptors (Lipinski definition) is 5. The van der Waals surface area contributed by atoms with Gasteiger partial charge in [-0.1, -0.05) is 13.8 Å². The van der Waals surface area contributed by atoms with Gasteiger partial charge in [-0.15, -0.1) is 11.3 Å². The van der Waals surface area contributed by atoms with E-state index in [2.05, 4.69) is 42.1 Å². The maximum absolute atomic E-state index is 5.84. The van der Waals surface area contributed by atoms with E-state index in [9.17, 15) is 0 Å². The van der Waals surface area contributed by atoms with E-state index in [1.54, 1.807) is 11.3 Å². The van der Waals surface area contributed by atoms with Gasteiger partial charge in [0.15, 0.2) is 0 Å². The Morgan fingerprint density at radius 2 is 1.90 bits per heavy atom. The summed E-state index contributed by atoms with van der Waals surface area (Å²) in [6, 6.07) is 2.64. The highest BCUT2D eigenvalue weighted by atomic mass is 32.1. The average Bonchev–Trinajstić information content (AvgIpc) is 2.68. The zero-order valence-electron chi connectivity index (χ0n) is 12.3. The van der Waals surface area contributed by atoms with Crippen LogP contribution >= 0.6 is 11.3 Å². The molecule has 0 aliphatic heterocycles. The fourth-order valence-electron chi connectivity index (χ4n) is 3.43. The number of aromatic nitrogens is 2. The molecule has 0 bridgehead atoms. The fraction of sp³-hybridized carbons (Fsp3) is 0.600. The molecule has 108 valence electrons. The van der Waals surface area contributed by atoms with Gasteiger partial charge in [0.1, 0.15) is 10.6 Å². The fourth-order valence-corrected chi connectivity index (χ4v) is 4.31. The Balaban J connectivity index is 1.90. The number of aryl methyl sites for hydroxylation is 1. The van der Waals surface area contributed by atoms with Gasteiger partial charge in [-0.25, -0.2) is 4.98 Å². The number of nitrogen functional groups attached to an aromatic ring is 1. The zero-order valence-corrected chi connectivity index (χ0v) is 13.1. The van der Waals surface area contributed by atoms with E-state index >= 15 is 0 Å². The first-order chi connectivity index (χ1) is 9.51. The maximum atomic E-state index is 5.84. The van der Waals surface area contributed by atoms with E-state index in [1.165, 1.54) is 24.1 Å². The number of nitrogens with two attached hydrogens (primary N) is 1. The van der Waals surface area contributed by atoms with Crippen LogP contribution in [0.5, 0.6) is 0 Å². The molecule has 1 saturated carbocycles. The van der Waals surface area contributed by atoms with E-state index in [0.717, 1.165) is 27.9 Å². The van der Waals surface area contributed by atoms with Crippen molar-refractivity contribution >= 4 is 33.3 Å². The van der Waals surface area contributed by atoms with Crippen molar-refractivity contribution in [1.29, 1.82) is 0 Å². The molecule has 1 aliphatic carbocycles. The Hall–Kier alpha value is -1.36. The summed E-state index contributed by atoms with van der Waals surface area (Å²) < 4.78 is 0. The standard InChI is InChI=1S/C15H22N4S/c1-8-4-9(2)6-11(5-8)17-13-12-7-10(3)20-14(12)19-15(16)18-13/h7-9,11H,4-6H2,1-3H3,(H3,16,17,18,19). The predicted molar refractivity (Wildman–Crippen MR) is 86.2 cm³/mol. The van der Waals surface area contributed by atoms with Crippen molar-refractivity contribution < 1.29 is 0 Å². The molecule has 0 saturated heterocycles. The van der Waals surface area contributed by atoms with Crippen LogP contribution in [-0.4, -0.2) is 16.0 Å². The third-order valence-corrected chi connectivity index (χ3v) is 5.00. The number of thiophene rings is 1. The predicted octanol–water partition coefficient (Wildman–Crippen LogP) is 3.82. The van der Waals surface area contributed by atoms with Gasteiger partial charge in [0.25, 0.3) is 0 Å². The van der Waals surface area contributed by atoms with Crippen molar-refractivity contribution in [3.63, 3.8) is 0 Å². The van der Waals surface area contributed by atoms with Gasteiger partial charge in [0, 0.05) is 10.9 Å². The molecule has 3 N–H and O–H groups in total. The molecular formula is C15H22N4S. The van der Waals surface area contributed by atoms with Crippen LogP contribution < -0.4 is 11.1 Å². The lowest BCUT2D eigenvalue weighted by Crippen LogP contribution is -2.30. The summed E-state index contributed by atoms with van der Waals surface area (Å²) in [4.78, 5) is 11.0. The largest absolute Gasteiger partial charge is 0.368 e. The first kappa shape index (κ1) is 13.6. The van der Waals surface area contributed by atoms with Gasteiger partial charge in [0.2, 0.25) is 5.95 Å². The highest BCUT2D eigenvalue weighted by Gasteiger charge is 2.24. The van der Waals surface area contributed by atoms with Gasteiger partial charge >= 0.3 is 0 Å². The topological polar surface area (TPSA) is 63.8 Å². The van der Waals surface area contributed by atoms with Crippen LogP contribution in [0.15, 0.2) is 6.07 Å². The number of fused-ring (bicyclic) bond motifs is 1. The van der Waals surface area contributed by atoms with E-state index < -0.39 is 0 Å². The number of hydrogen-bond donors (Lipinski definition) is 2. The second kappa shape index (κ2) is 5.20. The molecule has 0 spiro atoms. The third kappa shape index (κ3) is 2.73. The minimum atomic E-state index is 0.360. The summed E-state index contributed by atoms with van der Waals surface area (Å²) in [6.45, 7) is 6.77. The van der Waals surface area contributed by atoms with Gasteiger partial charge in [-0.2, -0.15) is 4.98 Å². The molecule has 0 amide bonds. The molecule has 2 aromatic heterocycles. The Morgan fingerprint density at radius 3 is 2.60 bits per heavy atom. The number of nitrogens with zero attached hydrogens (tertiary/aromatic N) is 2. The Morgan fingerprint density at radius 1 is 1.20 bits per heavy atom. The SMILES string of the molecule is Cc1cc2c(NC3CC(C)CC(C)C3)nc(N)nc2s1. The monoisotopic (exact) mass is 290 g/mol. The van der Waals surface area contributed by atoms with Gasteiger partial charge < -0.3 is 11.1 Å². The van der Waals surface area contributed by atoms with Crippen molar-refractivity contribution in [2.75, 3.05) is 11.1 Å². The molecule has 1 aliphatic rings. The second-order valence-electron chi connectivity index (χ2n) is 6.27. The molecule has 2 aromatic rings. The van der Waals surface area contributed by atoms with Crippen LogP contribution in [0.4, 0.5) is 11.8 Å². The maximum Gasteiger partial charge on any atom is 0.223 e. The molecule has 2 heterocycles. The van der Waals surface area contributed by atoms with Crippen molar-refractivity contribution in [2.45, 2.75) is 46.1 Å².